The number of halogens is 1. The molecule has 2 heterocycles. The monoisotopic (exact) mass is 360 g/mol. The van der Waals surface area contributed by atoms with Gasteiger partial charge in [-0.2, -0.15) is 9.61 Å². The van der Waals surface area contributed by atoms with Gasteiger partial charge in [-0.05, 0) is 37.6 Å². The summed E-state index contributed by atoms with van der Waals surface area (Å²) >= 11 is 1.33. The van der Waals surface area contributed by atoms with Gasteiger partial charge in [-0.1, -0.05) is 30.8 Å². The van der Waals surface area contributed by atoms with E-state index in [2.05, 4.69) is 15.3 Å². The van der Waals surface area contributed by atoms with Gasteiger partial charge in [0.1, 0.15) is 16.1 Å². The van der Waals surface area contributed by atoms with E-state index in [-0.39, 0.29) is 17.0 Å². The summed E-state index contributed by atoms with van der Waals surface area (Å²) in [4.78, 5) is 12.0. The Balaban J connectivity index is 1.94. The molecule has 2 aromatic heterocycles. The van der Waals surface area contributed by atoms with Crippen LogP contribution in [0, 0.1) is 5.82 Å². The Bertz CT molecular complexity index is 899. The van der Waals surface area contributed by atoms with Crippen LogP contribution in [-0.2, 0) is 9.53 Å². The Morgan fingerprint density at radius 1 is 1.28 bits per heavy atom. The molecule has 1 atom stereocenters. The van der Waals surface area contributed by atoms with Crippen molar-refractivity contribution in [3.63, 3.8) is 0 Å². The fourth-order valence-corrected chi connectivity index (χ4v) is 3.22. The van der Waals surface area contributed by atoms with Crippen molar-refractivity contribution < 1.29 is 13.9 Å². The summed E-state index contributed by atoms with van der Waals surface area (Å²) in [6.45, 7) is 4.05. The SMILES string of the molecule is CCOC(=O)[C@@H](CC)Sc1ccc2nnc(-c3cccc(F)c3)n2n1. The number of hydrogen-bond acceptors (Lipinski definition) is 6. The molecule has 6 nitrogen and oxygen atoms in total. The number of benzene rings is 1. The van der Waals surface area contributed by atoms with Crippen molar-refractivity contribution in [3.8, 4) is 11.4 Å². The number of hydrogen-bond donors (Lipinski definition) is 0. The van der Waals surface area contributed by atoms with Crippen LogP contribution in [0.5, 0.6) is 0 Å². The topological polar surface area (TPSA) is 69.4 Å². The van der Waals surface area contributed by atoms with E-state index < -0.39 is 0 Å². The number of aromatic nitrogens is 4. The van der Waals surface area contributed by atoms with E-state index in [1.165, 1.54) is 23.9 Å². The number of carbonyl (C=O) groups excluding carboxylic acids is 1. The highest BCUT2D eigenvalue weighted by molar-refractivity contribution is 8.00. The van der Waals surface area contributed by atoms with Gasteiger partial charge in [-0.25, -0.2) is 4.39 Å². The molecule has 8 heteroatoms. The maximum Gasteiger partial charge on any atom is 0.319 e. The van der Waals surface area contributed by atoms with Crippen LogP contribution in [0.15, 0.2) is 41.4 Å². The molecule has 3 rings (SSSR count). The highest BCUT2D eigenvalue weighted by Crippen LogP contribution is 2.26. The van der Waals surface area contributed by atoms with E-state index >= 15 is 0 Å². The summed E-state index contributed by atoms with van der Waals surface area (Å²) in [5, 5.41) is 13.0. The zero-order valence-electron chi connectivity index (χ0n) is 13.8. The van der Waals surface area contributed by atoms with Gasteiger partial charge in [0.05, 0.1) is 6.61 Å². The van der Waals surface area contributed by atoms with Crippen LogP contribution in [-0.4, -0.2) is 37.6 Å². The van der Waals surface area contributed by atoms with Gasteiger partial charge in [-0.15, -0.1) is 10.2 Å². The third kappa shape index (κ3) is 3.79. The Labute approximate surface area is 148 Å². The van der Waals surface area contributed by atoms with Gasteiger partial charge in [0, 0.05) is 5.56 Å². The van der Waals surface area contributed by atoms with Gasteiger partial charge < -0.3 is 4.74 Å². The molecule has 0 saturated heterocycles. The Morgan fingerprint density at radius 2 is 2.12 bits per heavy atom. The lowest BCUT2D eigenvalue weighted by molar-refractivity contribution is -0.142. The first-order valence-electron chi connectivity index (χ1n) is 7.94. The summed E-state index contributed by atoms with van der Waals surface area (Å²) in [6, 6.07) is 9.65. The first kappa shape index (κ1) is 17.3. The first-order valence-corrected chi connectivity index (χ1v) is 8.82. The first-order chi connectivity index (χ1) is 12.1. The van der Waals surface area contributed by atoms with Crippen LogP contribution in [0.4, 0.5) is 4.39 Å². The lowest BCUT2D eigenvalue weighted by Gasteiger charge is -2.12. The molecule has 0 fully saturated rings. The molecule has 25 heavy (non-hydrogen) atoms. The molecule has 0 amide bonds. The number of esters is 1. The quantitative estimate of drug-likeness (QED) is 0.496. The molecule has 130 valence electrons. The van der Waals surface area contributed by atoms with E-state index in [4.69, 9.17) is 4.74 Å². The number of fused-ring (bicyclic) bond motifs is 1. The average Bonchev–Trinajstić information content (AvgIpc) is 3.03. The maximum atomic E-state index is 13.5. The minimum Gasteiger partial charge on any atom is -0.465 e. The number of ether oxygens (including phenoxy) is 1. The average molecular weight is 360 g/mol. The van der Waals surface area contributed by atoms with Crippen molar-refractivity contribution in [1.29, 1.82) is 0 Å². The lowest BCUT2D eigenvalue weighted by atomic mass is 10.2. The van der Waals surface area contributed by atoms with Crippen LogP contribution in [0.2, 0.25) is 0 Å². The molecule has 0 saturated carbocycles. The van der Waals surface area contributed by atoms with E-state index in [1.54, 1.807) is 35.7 Å². The lowest BCUT2D eigenvalue weighted by Crippen LogP contribution is -2.19. The zero-order chi connectivity index (χ0) is 17.8. The number of rotatable bonds is 6. The van der Waals surface area contributed by atoms with Crippen LogP contribution < -0.4 is 0 Å². The van der Waals surface area contributed by atoms with E-state index in [1.807, 2.05) is 6.92 Å². The second-order valence-electron chi connectivity index (χ2n) is 5.24. The molecule has 0 spiro atoms. The molecular weight excluding hydrogens is 343 g/mol. The van der Waals surface area contributed by atoms with Gasteiger partial charge >= 0.3 is 5.97 Å². The molecule has 0 radical (unpaired) electrons. The molecular formula is C17H17FN4O2S. The zero-order valence-corrected chi connectivity index (χ0v) is 14.7. The Hall–Kier alpha value is -2.48. The minimum absolute atomic E-state index is 0.258. The van der Waals surface area contributed by atoms with Crippen LogP contribution in [0.25, 0.3) is 17.0 Å². The van der Waals surface area contributed by atoms with Crippen molar-refractivity contribution >= 4 is 23.4 Å². The number of carbonyl (C=O) groups is 1. The van der Waals surface area contributed by atoms with Crippen molar-refractivity contribution in [2.24, 2.45) is 0 Å². The molecule has 1 aromatic carbocycles. The summed E-state index contributed by atoms with van der Waals surface area (Å²) in [6.07, 6.45) is 0.627. The molecule has 0 aliphatic rings. The van der Waals surface area contributed by atoms with Crippen LogP contribution in [0.3, 0.4) is 0 Å². The number of thioether (sulfide) groups is 1. The smallest absolute Gasteiger partial charge is 0.319 e. The van der Waals surface area contributed by atoms with Crippen LogP contribution >= 0.6 is 11.8 Å². The van der Waals surface area contributed by atoms with Gasteiger partial charge in [-0.3, -0.25) is 4.79 Å². The Kier molecular flexibility index (Phi) is 5.28. The molecule has 0 N–H and O–H groups in total. The fourth-order valence-electron chi connectivity index (χ4n) is 2.32. The molecule has 0 unspecified atom stereocenters. The maximum absolute atomic E-state index is 13.5. The summed E-state index contributed by atoms with van der Waals surface area (Å²) in [5.74, 6) is -0.166. The van der Waals surface area contributed by atoms with Gasteiger partial charge in [0.2, 0.25) is 0 Å². The summed E-state index contributed by atoms with van der Waals surface area (Å²) in [5.41, 5.74) is 1.13. The standard InChI is InChI=1S/C17H17FN4O2S/c1-3-13(17(23)24-4-2)25-15-9-8-14-19-20-16(22(14)21-15)11-6-5-7-12(18)10-11/h5-10,13H,3-4H2,1-2H3/t13-/m1/s1. The van der Waals surface area contributed by atoms with E-state index in [0.29, 0.717) is 35.1 Å². The van der Waals surface area contributed by atoms with Crippen molar-refractivity contribution in [2.75, 3.05) is 6.61 Å². The third-order valence-corrected chi connectivity index (χ3v) is 4.77. The normalized spacial score (nSPS) is 12.3. The highest BCUT2D eigenvalue weighted by Gasteiger charge is 2.20. The largest absolute Gasteiger partial charge is 0.465 e. The summed E-state index contributed by atoms with van der Waals surface area (Å²) < 4.78 is 20.1. The van der Waals surface area contributed by atoms with Crippen molar-refractivity contribution in [2.45, 2.75) is 30.5 Å². The minimum atomic E-state index is -0.354. The van der Waals surface area contributed by atoms with Gasteiger partial charge in [0.25, 0.3) is 0 Å². The second-order valence-corrected chi connectivity index (χ2v) is 6.47. The molecule has 3 aromatic rings. The second kappa shape index (κ2) is 7.60. The predicted molar refractivity (Wildman–Crippen MR) is 92.7 cm³/mol. The summed E-state index contributed by atoms with van der Waals surface area (Å²) in [7, 11) is 0. The van der Waals surface area contributed by atoms with Crippen molar-refractivity contribution in [1.82, 2.24) is 19.8 Å². The predicted octanol–water partition coefficient (Wildman–Crippen LogP) is 3.36. The van der Waals surface area contributed by atoms with Crippen LogP contribution in [0.1, 0.15) is 20.3 Å². The fraction of sp³-hybridized carbons (Fsp3) is 0.294. The van der Waals surface area contributed by atoms with E-state index in [9.17, 15) is 9.18 Å². The van der Waals surface area contributed by atoms with E-state index in [0.717, 1.165) is 0 Å². The Morgan fingerprint density at radius 3 is 2.84 bits per heavy atom. The molecule has 0 bridgehead atoms. The number of nitrogens with zero attached hydrogens (tertiary/aromatic N) is 4. The van der Waals surface area contributed by atoms with Gasteiger partial charge in [0.15, 0.2) is 11.5 Å². The van der Waals surface area contributed by atoms with Crippen molar-refractivity contribution in [3.05, 3.63) is 42.2 Å². The molecule has 0 aliphatic carbocycles. The highest BCUT2D eigenvalue weighted by atomic mass is 32.2. The third-order valence-electron chi connectivity index (χ3n) is 3.50. The molecule has 0 aliphatic heterocycles.